The molecule has 1 fully saturated rings. The Morgan fingerprint density at radius 2 is 1.02 bits per heavy atom. The van der Waals surface area contributed by atoms with Gasteiger partial charge in [-0.25, -0.2) is 24.2 Å². The van der Waals surface area contributed by atoms with E-state index in [2.05, 4.69) is 42.5 Å². The molecule has 36 heteroatoms. The molecule has 12 amide bonds. The van der Waals surface area contributed by atoms with E-state index in [1.54, 1.807) is 60.7 Å². The Labute approximate surface area is 579 Å². The number of aliphatic carboxylic acids is 5. The largest absolute Gasteiger partial charge is 0.481 e. The maximum atomic E-state index is 14.2. The first-order valence-electron chi connectivity index (χ1n) is 32.4. The molecule has 100 heavy (non-hydrogen) atoms. The predicted molar refractivity (Wildman–Crippen MR) is 353 cm³/mol. The number of nitrogens with one attached hydrogen (secondary N) is 9. The van der Waals surface area contributed by atoms with E-state index in [0.29, 0.717) is 79.3 Å². The molecule has 1 saturated heterocycles. The third-order valence-corrected chi connectivity index (χ3v) is 16.6. The molecule has 0 radical (unpaired) electrons. The molecule has 1 heterocycles. The van der Waals surface area contributed by atoms with Crippen molar-refractivity contribution < 1.29 is 112 Å². The minimum absolute atomic E-state index is 0.00150. The van der Waals surface area contributed by atoms with Crippen LogP contribution in [0.5, 0.6) is 0 Å². The molecule has 0 aromatic heterocycles. The number of ketones is 1. The number of unbranched alkanes of at least 4 members (excludes halogenated alkanes) is 6. The highest BCUT2D eigenvalue weighted by Gasteiger charge is 2.40. The quantitative estimate of drug-likeness (QED) is 0.0161. The van der Waals surface area contributed by atoms with Crippen molar-refractivity contribution in [2.24, 2.45) is 5.73 Å². The Kier molecular flexibility index (Phi) is 38.3. The first-order chi connectivity index (χ1) is 47.4. The summed E-state index contributed by atoms with van der Waals surface area (Å²) in [5.41, 5.74) is 7.38. The van der Waals surface area contributed by atoms with Gasteiger partial charge in [0.15, 0.2) is 0 Å². The number of imide groups is 1. The summed E-state index contributed by atoms with van der Waals surface area (Å²) in [5.74, 6) is -15.7. The molecule has 1 aliphatic heterocycles. The second-order valence-electron chi connectivity index (χ2n) is 23.5. The zero-order valence-corrected chi connectivity index (χ0v) is 56.1. The van der Waals surface area contributed by atoms with Crippen LogP contribution >= 0.6 is 11.8 Å². The van der Waals surface area contributed by atoms with Gasteiger partial charge in [0.2, 0.25) is 59.1 Å². The number of carbonyl (C=O) groups excluding carboxylic acids is 12. The van der Waals surface area contributed by atoms with E-state index in [4.69, 9.17) is 10.8 Å². The summed E-state index contributed by atoms with van der Waals surface area (Å²) in [7, 11) is 0. The molecule has 0 bridgehead atoms. The molecule has 1 aliphatic rings. The number of carbonyl (C=O) groups is 17. The average Bonchev–Trinajstić information content (AvgIpc) is 1.77. The van der Waals surface area contributed by atoms with Gasteiger partial charge in [0.1, 0.15) is 48.1 Å². The Morgan fingerprint density at radius 3 is 1.57 bits per heavy atom. The fourth-order valence-corrected chi connectivity index (χ4v) is 10.9. The Morgan fingerprint density at radius 1 is 0.520 bits per heavy atom. The summed E-state index contributed by atoms with van der Waals surface area (Å²) >= 11 is 0.703. The molecule has 0 aliphatic carbocycles. The smallest absolute Gasteiger partial charge is 0.327 e. The van der Waals surface area contributed by atoms with E-state index >= 15 is 0 Å². The van der Waals surface area contributed by atoms with Gasteiger partial charge < -0.3 is 83.9 Å². The van der Waals surface area contributed by atoms with Crippen LogP contribution in [0.4, 0.5) is 4.79 Å². The van der Waals surface area contributed by atoms with Crippen LogP contribution in [-0.4, -0.2) is 227 Å². The fourth-order valence-electron chi connectivity index (χ4n) is 9.73. The summed E-state index contributed by atoms with van der Waals surface area (Å²) < 4.78 is 0. The Balaban J connectivity index is 1.52. The summed E-state index contributed by atoms with van der Waals surface area (Å²) in [6.45, 7) is 0.867. The molecule has 0 saturated carbocycles. The number of hydrogen-bond acceptors (Lipinski definition) is 20. The van der Waals surface area contributed by atoms with Crippen molar-refractivity contribution in [3.63, 3.8) is 0 Å². The van der Waals surface area contributed by atoms with Crippen LogP contribution in [0.3, 0.4) is 0 Å². The highest BCUT2D eigenvalue weighted by molar-refractivity contribution is 8.00. The number of carboxylic acids is 5. The lowest BCUT2D eigenvalue weighted by Crippen LogP contribution is -2.58. The van der Waals surface area contributed by atoms with Gasteiger partial charge in [-0.15, -0.1) is 11.8 Å². The number of carboxylic acid groups (broad SMARTS) is 5. The molecule has 17 N–H and O–H groups in total. The number of amides is 12. The van der Waals surface area contributed by atoms with Crippen LogP contribution < -0.4 is 53.6 Å². The van der Waals surface area contributed by atoms with Crippen LogP contribution in [0.25, 0.3) is 0 Å². The monoisotopic (exact) mass is 1430 g/mol. The Hall–Kier alpha value is -10.1. The standard InChI is InChI=1S/C64H90N12O23S/c1-38(77)21-25-52(81)76(99)30-15-7-14-29-67-50(79)27-31-75-53(82)35-48(60(75)91)100-37-47(63(96)97)72-59(90)46(34-55(85)86)70-56(87)41(65)36-68-57(88)44(32-39-16-8-5-9-17-39)71-58(89)45(33-40-18-10-6-11-19-40)69-51(80)20-12-3-2-4-13-28-66-49(78)24-22-42(61(92)93)73-64(98)74-43(62(94)95)23-26-54(83)84/h5-6,8-11,16-19,41-48,99H,2-4,7,12-15,20-37,65H2,1H3,(H,66,78)(H,67,79)(H,68,88)(H,69,80)(H,70,87)(H,71,89)(H,72,90)(H,83,84)(H,85,86)(H,92,93)(H,94,95)(H,96,97)(H2,73,74,98)/t41-,42-,43-,44-,45-,46-,47-,48?/m0/s1. The van der Waals surface area contributed by atoms with Gasteiger partial charge in [-0.3, -0.25) is 67.6 Å². The van der Waals surface area contributed by atoms with Gasteiger partial charge in [-0.1, -0.05) is 79.9 Å². The van der Waals surface area contributed by atoms with E-state index in [1.165, 1.54) is 6.92 Å². The number of nitrogens with zero attached hydrogens (tertiary/aromatic N) is 2. The van der Waals surface area contributed by atoms with Crippen molar-refractivity contribution in [3.8, 4) is 0 Å². The first-order valence-corrected chi connectivity index (χ1v) is 33.5. The molecule has 35 nitrogen and oxygen atoms in total. The van der Waals surface area contributed by atoms with Crippen molar-refractivity contribution in [1.82, 2.24) is 57.8 Å². The van der Waals surface area contributed by atoms with Gasteiger partial charge in [0.25, 0.3) is 0 Å². The lowest BCUT2D eigenvalue weighted by molar-refractivity contribution is -0.166. The number of Topliss-reactive ketones (excluding diaryl/α,β-unsaturated/α-hetero) is 1. The van der Waals surface area contributed by atoms with Crippen molar-refractivity contribution in [2.45, 2.75) is 183 Å². The van der Waals surface area contributed by atoms with Gasteiger partial charge in [0.05, 0.1) is 11.7 Å². The topological polar surface area (TPSA) is 552 Å². The van der Waals surface area contributed by atoms with Crippen molar-refractivity contribution >= 4 is 112 Å². The molecule has 1 unspecified atom stereocenters. The minimum atomic E-state index is -1.93. The van der Waals surface area contributed by atoms with Gasteiger partial charge >= 0.3 is 35.9 Å². The number of hydroxylamine groups is 2. The van der Waals surface area contributed by atoms with Gasteiger partial charge in [0, 0.05) is 96.3 Å². The molecule has 3 rings (SSSR count). The summed E-state index contributed by atoms with van der Waals surface area (Å²) in [6, 6.07) is 4.83. The van der Waals surface area contributed by atoms with Gasteiger partial charge in [-0.2, -0.15) is 0 Å². The molecule has 0 spiro atoms. The molecule has 2 aromatic rings. The van der Waals surface area contributed by atoms with Crippen LogP contribution in [0.2, 0.25) is 0 Å². The number of thioether (sulfide) groups is 1. The van der Waals surface area contributed by atoms with Crippen LogP contribution in [-0.2, 0) is 89.6 Å². The van der Waals surface area contributed by atoms with E-state index in [9.17, 15) is 107 Å². The number of hydrogen-bond donors (Lipinski definition) is 16. The highest BCUT2D eigenvalue weighted by Crippen LogP contribution is 2.26. The highest BCUT2D eigenvalue weighted by atomic mass is 32.2. The van der Waals surface area contributed by atoms with Crippen LogP contribution in [0.1, 0.15) is 134 Å². The minimum Gasteiger partial charge on any atom is -0.481 e. The maximum Gasteiger partial charge on any atom is 0.327 e. The van der Waals surface area contributed by atoms with Crippen LogP contribution in [0, 0.1) is 0 Å². The molecule has 2 aromatic carbocycles. The van der Waals surface area contributed by atoms with E-state index < -0.39 is 174 Å². The summed E-state index contributed by atoms with van der Waals surface area (Å²) in [4.78, 5) is 214. The molecular formula is C64H90N12O23S. The average molecular weight is 1430 g/mol. The van der Waals surface area contributed by atoms with Crippen LogP contribution in [0.15, 0.2) is 60.7 Å². The van der Waals surface area contributed by atoms with Crippen molar-refractivity contribution in [3.05, 3.63) is 71.8 Å². The lowest BCUT2D eigenvalue weighted by Gasteiger charge is -2.25. The van der Waals surface area contributed by atoms with E-state index in [1.807, 2.05) is 5.32 Å². The van der Waals surface area contributed by atoms with Gasteiger partial charge in [-0.05, 0) is 63.0 Å². The maximum absolute atomic E-state index is 14.2. The van der Waals surface area contributed by atoms with Crippen molar-refractivity contribution in [1.29, 1.82) is 0 Å². The lowest BCUT2D eigenvalue weighted by atomic mass is 10.0. The predicted octanol–water partition coefficient (Wildman–Crippen LogP) is -1.15. The zero-order chi connectivity index (χ0) is 74.3. The van der Waals surface area contributed by atoms with E-state index in [0.717, 1.165) is 4.90 Å². The number of likely N-dealkylation sites (tertiary alicyclic amines) is 1. The van der Waals surface area contributed by atoms with E-state index in [-0.39, 0.29) is 89.7 Å². The normalized spacial score (nSPS) is 14.6. The molecular weight excluding hydrogens is 1340 g/mol. The number of benzene rings is 2. The molecule has 550 valence electrons. The molecule has 8 atom stereocenters. The Bertz CT molecular complexity index is 3170. The number of urea groups is 1. The second kappa shape index (κ2) is 45.5. The first kappa shape index (κ1) is 84.1. The third kappa shape index (κ3) is 33.9. The number of nitrogens with two attached hydrogens (primary N) is 1. The summed E-state index contributed by atoms with van der Waals surface area (Å²) in [5, 5.41) is 78.2. The fraction of sp³-hybridized carbons (Fsp3) is 0.547. The zero-order valence-electron chi connectivity index (χ0n) is 55.3. The van der Waals surface area contributed by atoms with Crippen molar-refractivity contribution in [2.75, 3.05) is 38.5 Å². The second-order valence-corrected chi connectivity index (χ2v) is 24.7. The number of rotatable bonds is 50. The third-order valence-electron chi connectivity index (χ3n) is 15.3. The SMILES string of the molecule is CC(=O)CCC(=O)N(O)CCCCCNC(=O)CCN1C(=O)CC(SC[C@H](NC(=O)[C@H](CC(=O)O)NC(=O)[C@@H](N)CNC(=O)[C@H](Cc2ccccc2)NC(=O)[C@H](Cc2ccccc2)NC(=O)CCCCCCCNC(=O)CC[C@H](NC(=O)N[C@@H](CCC(=O)O)C(=O)O)C(=O)O)C(=O)O)C1=O. The summed E-state index contributed by atoms with van der Waals surface area (Å²) in [6.07, 6.45) is 0.581.